The second-order valence-corrected chi connectivity index (χ2v) is 3.43. The molecule has 76 valence electrons. The van der Waals surface area contributed by atoms with Crippen molar-refractivity contribution in [1.29, 1.82) is 0 Å². The van der Waals surface area contributed by atoms with Crippen LogP contribution in [0.2, 0.25) is 0 Å². The SMILES string of the molecule is Cc1ccccc1C(O)c1cncnc1. The molecular formula is C12H12N2O. The van der Waals surface area contributed by atoms with Crippen LogP contribution in [0.4, 0.5) is 0 Å². The van der Waals surface area contributed by atoms with Gasteiger partial charge in [0.25, 0.3) is 0 Å². The Bertz CT molecular complexity index is 442. The molecule has 0 fully saturated rings. The molecule has 0 bridgehead atoms. The van der Waals surface area contributed by atoms with Gasteiger partial charge in [-0.05, 0) is 18.1 Å². The number of aliphatic hydroxyl groups is 1. The quantitative estimate of drug-likeness (QED) is 0.804. The maximum absolute atomic E-state index is 10.1. The van der Waals surface area contributed by atoms with Gasteiger partial charge in [-0.2, -0.15) is 0 Å². The second-order valence-electron chi connectivity index (χ2n) is 3.43. The molecule has 1 N–H and O–H groups in total. The van der Waals surface area contributed by atoms with Crippen LogP contribution in [-0.4, -0.2) is 15.1 Å². The van der Waals surface area contributed by atoms with E-state index in [4.69, 9.17) is 0 Å². The Labute approximate surface area is 88.5 Å². The van der Waals surface area contributed by atoms with Crippen LogP contribution in [-0.2, 0) is 0 Å². The molecule has 0 radical (unpaired) electrons. The number of aryl methyl sites for hydroxylation is 1. The zero-order chi connectivity index (χ0) is 10.7. The summed E-state index contributed by atoms with van der Waals surface area (Å²) in [7, 11) is 0. The highest BCUT2D eigenvalue weighted by Crippen LogP contribution is 2.22. The van der Waals surface area contributed by atoms with E-state index in [1.807, 2.05) is 31.2 Å². The standard InChI is InChI=1S/C12H12N2O/c1-9-4-2-3-5-11(9)12(15)10-6-13-8-14-7-10/h2-8,12,15H,1H3. The van der Waals surface area contributed by atoms with Gasteiger partial charge in [0.05, 0.1) is 0 Å². The monoisotopic (exact) mass is 200 g/mol. The molecule has 1 unspecified atom stereocenters. The summed E-state index contributed by atoms with van der Waals surface area (Å²) in [5.74, 6) is 0. The van der Waals surface area contributed by atoms with Crippen molar-refractivity contribution < 1.29 is 5.11 Å². The summed E-state index contributed by atoms with van der Waals surface area (Å²) in [4.78, 5) is 7.78. The predicted molar refractivity (Wildman–Crippen MR) is 57.3 cm³/mol. The first-order chi connectivity index (χ1) is 7.29. The number of hydrogen-bond donors (Lipinski definition) is 1. The maximum Gasteiger partial charge on any atom is 0.115 e. The molecule has 1 aromatic heterocycles. The van der Waals surface area contributed by atoms with Crippen LogP contribution in [0.15, 0.2) is 43.0 Å². The minimum absolute atomic E-state index is 0.646. The van der Waals surface area contributed by atoms with Crippen molar-refractivity contribution in [2.24, 2.45) is 0 Å². The van der Waals surface area contributed by atoms with Crippen molar-refractivity contribution in [2.75, 3.05) is 0 Å². The van der Waals surface area contributed by atoms with E-state index in [1.54, 1.807) is 12.4 Å². The van der Waals surface area contributed by atoms with Crippen LogP contribution >= 0.6 is 0 Å². The largest absolute Gasteiger partial charge is 0.384 e. The molecule has 1 aromatic carbocycles. The molecule has 0 spiro atoms. The third-order valence-corrected chi connectivity index (χ3v) is 2.38. The first-order valence-electron chi connectivity index (χ1n) is 4.77. The Morgan fingerprint density at radius 1 is 1.13 bits per heavy atom. The number of aliphatic hydroxyl groups excluding tert-OH is 1. The molecule has 2 aromatic rings. The number of aromatic nitrogens is 2. The van der Waals surface area contributed by atoms with Crippen LogP contribution < -0.4 is 0 Å². The first-order valence-corrected chi connectivity index (χ1v) is 4.77. The van der Waals surface area contributed by atoms with Crippen LogP contribution in [0.25, 0.3) is 0 Å². The van der Waals surface area contributed by atoms with Gasteiger partial charge in [0, 0.05) is 18.0 Å². The molecule has 1 atom stereocenters. The van der Waals surface area contributed by atoms with E-state index < -0.39 is 6.10 Å². The van der Waals surface area contributed by atoms with Crippen LogP contribution in [0.5, 0.6) is 0 Å². The Balaban J connectivity index is 2.37. The summed E-state index contributed by atoms with van der Waals surface area (Å²) < 4.78 is 0. The molecule has 0 amide bonds. The molecule has 3 nitrogen and oxygen atoms in total. The van der Waals surface area contributed by atoms with E-state index in [1.165, 1.54) is 6.33 Å². The number of rotatable bonds is 2. The van der Waals surface area contributed by atoms with Gasteiger partial charge in [0.2, 0.25) is 0 Å². The lowest BCUT2D eigenvalue weighted by molar-refractivity contribution is 0.218. The van der Waals surface area contributed by atoms with Gasteiger partial charge in [-0.25, -0.2) is 9.97 Å². The second kappa shape index (κ2) is 4.19. The summed E-state index contributed by atoms with van der Waals surface area (Å²) >= 11 is 0. The summed E-state index contributed by atoms with van der Waals surface area (Å²) in [6, 6.07) is 7.75. The molecule has 1 heterocycles. The topological polar surface area (TPSA) is 46.0 Å². The molecule has 0 aliphatic rings. The zero-order valence-corrected chi connectivity index (χ0v) is 8.46. The van der Waals surface area contributed by atoms with Crippen molar-refractivity contribution in [1.82, 2.24) is 9.97 Å². The lowest BCUT2D eigenvalue weighted by Gasteiger charge is -2.12. The van der Waals surface area contributed by atoms with Crippen molar-refractivity contribution in [3.8, 4) is 0 Å². The highest BCUT2D eigenvalue weighted by Gasteiger charge is 2.12. The fourth-order valence-corrected chi connectivity index (χ4v) is 1.52. The average Bonchev–Trinajstić information content (AvgIpc) is 2.30. The van der Waals surface area contributed by atoms with E-state index in [-0.39, 0.29) is 0 Å². The molecule has 3 heteroatoms. The number of nitrogens with zero attached hydrogens (tertiary/aromatic N) is 2. The molecule has 0 aliphatic heterocycles. The van der Waals surface area contributed by atoms with Gasteiger partial charge < -0.3 is 5.11 Å². The minimum atomic E-state index is -0.646. The van der Waals surface area contributed by atoms with Crippen LogP contribution in [0.3, 0.4) is 0 Å². The molecule has 0 saturated carbocycles. The minimum Gasteiger partial charge on any atom is -0.384 e. The summed E-state index contributed by atoms with van der Waals surface area (Å²) in [6.07, 6.45) is 4.06. The highest BCUT2D eigenvalue weighted by atomic mass is 16.3. The van der Waals surface area contributed by atoms with E-state index in [2.05, 4.69) is 9.97 Å². The maximum atomic E-state index is 10.1. The van der Waals surface area contributed by atoms with E-state index in [9.17, 15) is 5.11 Å². The average molecular weight is 200 g/mol. The van der Waals surface area contributed by atoms with Crippen LogP contribution in [0, 0.1) is 6.92 Å². The third kappa shape index (κ3) is 2.02. The summed E-state index contributed by atoms with van der Waals surface area (Å²) in [5, 5.41) is 10.1. The normalized spacial score (nSPS) is 12.4. The fourth-order valence-electron chi connectivity index (χ4n) is 1.52. The molecule has 0 saturated heterocycles. The van der Waals surface area contributed by atoms with Gasteiger partial charge in [0.15, 0.2) is 0 Å². The van der Waals surface area contributed by atoms with E-state index in [0.717, 1.165) is 11.1 Å². The number of hydrogen-bond acceptors (Lipinski definition) is 3. The van der Waals surface area contributed by atoms with Gasteiger partial charge in [-0.15, -0.1) is 0 Å². The number of benzene rings is 1. The van der Waals surface area contributed by atoms with Crippen LogP contribution in [0.1, 0.15) is 22.8 Å². The Morgan fingerprint density at radius 2 is 1.80 bits per heavy atom. The molecular weight excluding hydrogens is 188 g/mol. The summed E-state index contributed by atoms with van der Waals surface area (Å²) in [5.41, 5.74) is 2.67. The first kappa shape index (κ1) is 9.80. The van der Waals surface area contributed by atoms with E-state index >= 15 is 0 Å². The lowest BCUT2D eigenvalue weighted by atomic mass is 10.00. The van der Waals surface area contributed by atoms with Gasteiger partial charge in [-0.1, -0.05) is 24.3 Å². The fraction of sp³-hybridized carbons (Fsp3) is 0.167. The molecule has 15 heavy (non-hydrogen) atoms. The Kier molecular flexibility index (Phi) is 2.74. The van der Waals surface area contributed by atoms with Crippen molar-refractivity contribution in [2.45, 2.75) is 13.0 Å². The van der Waals surface area contributed by atoms with Gasteiger partial charge >= 0.3 is 0 Å². The Hall–Kier alpha value is -1.74. The smallest absolute Gasteiger partial charge is 0.115 e. The highest BCUT2D eigenvalue weighted by molar-refractivity contribution is 5.33. The van der Waals surface area contributed by atoms with Crippen molar-refractivity contribution in [3.63, 3.8) is 0 Å². The third-order valence-electron chi connectivity index (χ3n) is 2.38. The van der Waals surface area contributed by atoms with Gasteiger partial charge in [0.1, 0.15) is 12.4 Å². The van der Waals surface area contributed by atoms with Crippen molar-refractivity contribution >= 4 is 0 Å². The molecule has 2 rings (SSSR count). The van der Waals surface area contributed by atoms with E-state index in [0.29, 0.717) is 5.56 Å². The zero-order valence-electron chi connectivity index (χ0n) is 8.46. The lowest BCUT2D eigenvalue weighted by Crippen LogP contribution is -2.02. The predicted octanol–water partition coefficient (Wildman–Crippen LogP) is 1.87. The van der Waals surface area contributed by atoms with Gasteiger partial charge in [-0.3, -0.25) is 0 Å². The Morgan fingerprint density at radius 3 is 2.47 bits per heavy atom. The molecule has 0 aliphatic carbocycles. The van der Waals surface area contributed by atoms with Crippen molar-refractivity contribution in [3.05, 3.63) is 59.7 Å². The summed E-state index contributed by atoms with van der Waals surface area (Å²) in [6.45, 7) is 1.97.